The second-order valence-corrected chi connectivity index (χ2v) is 8.17. The highest BCUT2D eigenvalue weighted by Crippen LogP contribution is 2.33. The highest BCUT2D eigenvalue weighted by Gasteiger charge is 2.57. The second-order valence-electron chi connectivity index (χ2n) is 5.47. The van der Waals surface area contributed by atoms with Gasteiger partial charge in [0.15, 0.2) is 0 Å². The van der Waals surface area contributed by atoms with Crippen LogP contribution in [0.25, 0.3) is 0 Å². The molecule has 0 atom stereocenters. The van der Waals surface area contributed by atoms with Gasteiger partial charge in [-0.25, -0.2) is 0 Å². The molecule has 5 heteroatoms. The Morgan fingerprint density at radius 1 is 0.714 bits per heavy atom. The minimum atomic E-state index is -2.55. The standard InChI is InChI=1S/C16H34N2O2Si/c1-7-15(8-2)17-13-14-18(16(9-3)10-4)21(17,19-11-5)20-12-6/h13-16H,7-12H2,1-6H3. The monoisotopic (exact) mass is 314 g/mol. The first-order valence-corrected chi connectivity index (χ1v) is 10.4. The van der Waals surface area contributed by atoms with E-state index in [1.807, 2.05) is 0 Å². The molecule has 0 aromatic heterocycles. The van der Waals surface area contributed by atoms with E-state index in [1.165, 1.54) is 0 Å². The SMILES string of the molecule is CCO[Si]1(OCC)N(C(CC)CC)C=CN1C(CC)CC. The summed E-state index contributed by atoms with van der Waals surface area (Å²) >= 11 is 0. The van der Waals surface area contributed by atoms with Gasteiger partial charge in [-0.2, -0.15) is 0 Å². The molecule has 0 radical (unpaired) electrons. The van der Waals surface area contributed by atoms with Crippen molar-refractivity contribution in [1.29, 1.82) is 0 Å². The molecule has 0 saturated carbocycles. The van der Waals surface area contributed by atoms with E-state index in [1.54, 1.807) is 0 Å². The lowest BCUT2D eigenvalue weighted by Gasteiger charge is -2.45. The fraction of sp³-hybridized carbons (Fsp3) is 0.875. The van der Waals surface area contributed by atoms with Crippen LogP contribution in [-0.4, -0.2) is 43.3 Å². The van der Waals surface area contributed by atoms with Crippen LogP contribution in [0.1, 0.15) is 67.2 Å². The van der Waals surface area contributed by atoms with Crippen LogP contribution in [0.15, 0.2) is 12.4 Å². The molecule has 124 valence electrons. The van der Waals surface area contributed by atoms with Gasteiger partial charge in [0, 0.05) is 37.7 Å². The van der Waals surface area contributed by atoms with Gasteiger partial charge in [-0.05, 0) is 39.5 Å². The molecular weight excluding hydrogens is 280 g/mol. The van der Waals surface area contributed by atoms with Gasteiger partial charge in [-0.15, -0.1) is 0 Å². The normalized spacial score (nSPS) is 17.5. The fourth-order valence-corrected chi connectivity index (χ4v) is 7.11. The molecule has 21 heavy (non-hydrogen) atoms. The predicted octanol–water partition coefficient (Wildman–Crippen LogP) is 3.96. The smallest absolute Gasteiger partial charge is 0.362 e. The Bertz CT molecular complexity index is 287. The summed E-state index contributed by atoms with van der Waals surface area (Å²) in [5.74, 6) is 0. The zero-order valence-corrected chi connectivity index (χ0v) is 15.8. The second kappa shape index (κ2) is 8.81. The Morgan fingerprint density at radius 3 is 1.29 bits per heavy atom. The van der Waals surface area contributed by atoms with Gasteiger partial charge >= 0.3 is 8.88 Å². The maximum absolute atomic E-state index is 6.33. The predicted molar refractivity (Wildman–Crippen MR) is 90.6 cm³/mol. The molecule has 0 fully saturated rings. The molecular formula is C16H34N2O2Si. The highest BCUT2D eigenvalue weighted by atomic mass is 28.4. The molecule has 0 saturated heterocycles. The van der Waals surface area contributed by atoms with Crippen molar-refractivity contribution in [2.24, 2.45) is 0 Å². The van der Waals surface area contributed by atoms with Crippen molar-refractivity contribution in [3.05, 3.63) is 12.4 Å². The van der Waals surface area contributed by atoms with E-state index >= 15 is 0 Å². The van der Waals surface area contributed by atoms with E-state index < -0.39 is 8.88 Å². The van der Waals surface area contributed by atoms with Crippen molar-refractivity contribution in [1.82, 2.24) is 9.13 Å². The van der Waals surface area contributed by atoms with Gasteiger partial charge in [0.05, 0.1) is 0 Å². The molecule has 0 bridgehead atoms. The first-order valence-electron chi connectivity index (χ1n) is 8.67. The van der Waals surface area contributed by atoms with Crippen LogP contribution >= 0.6 is 0 Å². The van der Waals surface area contributed by atoms with Gasteiger partial charge in [0.25, 0.3) is 0 Å². The summed E-state index contributed by atoms with van der Waals surface area (Å²) < 4.78 is 17.5. The maximum Gasteiger partial charge on any atom is 0.588 e. The van der Waals surface area contributed by atoms with Crippen LogP contribution in [0.3, 0.4) is 0 Å². The number of rotatable bonds is 10. The lowest BCUT2D eigenvalue weighted by Crippen LogP contribution is -2.67. The van der Waals surface area contributed by atoms with Crippen molar-refractivity contribution in [2.75, 3.05) is 13.2 Å². The van der Waals surface area contributed by atoms with Crippen LogP contribution in [0.5, 0.6) is 0 Å². The Morgan fingerprint density at radius 2 is 1.05 bits per heavy atom. The van der Waals surface area contributed by atoms with E-state index in [9.17, 15) is 0 Å². The summed E-state index contributed by atoms with van der Waals surface area (Å²) in [4.78, 5) is 0. The highest BCUT2D eigenvalue weighted by molar-refractivity contribution is 6.63. The van der Waals surface area contributed by atoms with Crippen LogP contribution in [0.4, 0.5) is 0 Å². The maximum atomic E-state index is 6.33. The molecule has 0 spiro atoms. The molecule has 1 aliphatic rings. The van der Waals surface area contributed by atoms with Crippen LogP contribution < -0.4 is 0 Å². The number of hydrogen-bond acceptors (Lipinski definition) is 4. The summed E-state index contributed by atoms with van der Waals surface area (Å²) in [6.07, 6.45) is 8.90. The minimum Gasteiger partial charge on any atom is -0.362 e. The molecule has 1 aliphatic heterocycles. The van der Waals surface area contributed by atoms with Crippen LogP contribution in [0, 0.1) is 0 Å². The van der Waals surface area contributed by atoms with E-state index in [0.29, 0.717) is 25.3 Å². The summed E-state index contributed by atoms with van der Waals surface area (Å²) in [5, 5.41) is 0. The summed E-state index contributed by atoms with van der Waals surface area (Å²) in [6, 6.07) is 0.982. The fourth-order valence-electron chi connectivity index (χ4n) is 3.25. The topological polar surface area (TPSA) is 24.9 Å². The first kappa shape index (κ1) is 18.5. The van der Waals surface area contributed by atoms with Crippen LogP contribution in [0.2, 0.25) is 0 Å². The average Bonchev–Trinajstić information content (AvgIpc) is 2.83. The molecule has 0 aromatic rings. The zero-order chi connectivity index (χ0) is 15.9. The Kier molecular flexibility index (Phi) is 7.77. The summed E-state index contributed by atoms with van der Waals surface area (Å²) in [7, 11) is -2.55. The number of nitrogens with zero attached hydrogens (tertiary/aromatic N) is 2. The van der Waals surface area contributed by atoms with E-state index in [4.69, 9.17) is 8.85 Å². The molecule has 0 aliphatic carbocycles. The molecule has 1 rings (SSSR count). The minimum absolute atomic E-state index is 0.491. The third-order valence-corrected chi connectivity index (χ3v) is 8.04. The summed E-state index contributed by atoms with van der Waals surface area (Å²) in [6.45, 7) is 14.5. The van der Waals surface area contributed by atoms with Crippen LogP contribution in [-0.2, 0) is 8.85 Å². The van der Waals surface area contributed by atoms with Crippen molar-refractivity contribution >= 4 is 8.88 Å². The van der Waals surface area contributed by atoms with E-state index in [0.717, 1.165) is 25.7 Å². The van der Waals surface area contributed by atoms with Crippen molar-refractivity contribution in [3.63, 3.8) is 0 Å². The van der Waals surface area contributed by atoms with Gasteiger partial charge in [-0.3, -0.25) is 0 Å². The van der Waals surface area contributed by atoms with Crippen molar-refractivity contribution in [3.8, 4) is 0 Å². The first-order chi connectivity index (χ1) is 10.1. The largest absolute Gasteiger partial charge is 0.588 e. The Balaban J connectivity index is 3.17. The Hall–Kier alpha value is -0.523. The molecule has 4 nitrogen and oxygen atoms in total. The average molecular weight is 315 g/mol. The van der Waals surface area contributed by atoms with Gasteiger partial charge in [0.1, 0.15) is 0 Å². The van der Waals surface area contributed by atoms with Gasteiger partial charge < -0.3 is 18.0 Å². The van der Waals surface area contributed by atoms with Crippen molar-refractivity contribution < 1.29 is 8.85 Å². The molecule has 1 heterocycles. The van der Waals surface area contributed by atoms with Gasteiger partial charge in [0.2, 0.25) is 0 Å². The molecule has 0 unspecified atom stereocenters. The lowest BCUT2D eigenvalue weighted by molar-refractivity contribution is 0.0759. The third-order valence-electron chi connectivity index (χ3n) is 4.38. The molecule has 0 aromatic carbocycles. The molecule has 0 amide bonds. The van der Waals surface area contributed by atoms with Crippen molar-refractivity contribution in [2.45, 2.75) is 79.3 Å². The Labute approximate surface area is 132 Å². The zero-order valence-electron chi connectivity index (χ0n) is 14.8. The van der Waals surface area contributed by atoms with Gasteiger partial charge in [-0.1, -0.05) is 27.7 Å². The molecule has 0 N–H and O–H groups in total. The summed E-state index contributed by atoms with van der Waals surface area (Å²) in [5.41, 5.74) is 0. The number of hydrogen-bond donors (Lipinski definition) is 0. The quantitative estimate of drug-likeness (QED) is 0.570. The van der Waals surface area contributed by atoms with E-state index in [-0.39, 0.29) is 0 Å². The lowest BCUT2D eigenvalue weighted by atomic mass is 10.2. The van der Waals surface area contributed by atoms with E-state index in [2.05, 4.69) is 63.1 Å². The third kappa shape index (κ3) is 3.63.